The van der Waals surface area contributed by atoms with E-state index in [0.29, 0.717) is 16.2 Å². The van der Waals surface area contributed by atoms with Crippen molar-refractivity contribution in [2.24, 2.45) is 5.10 Å². The average Bonchev–Trinajstić information content (AvgIpc) is 3.20. The molecule has 0 bridgehead atoms. The lowest BCUT2D eigenvalue weighted by atomic mass is 10.1. The summed E-state index contributed by atoms with van der Waals surface area (Å²) in [6.07, 6.45) is 0. The molecule has 158 valence electrons. The Kier molecular flexibility index (Phi) is 5.60. The van der Waals surface area contributed by atoms with Crippen molar-refractivity contribution in [1.29, 1.82) is 0 Å². The molecule has 0 saturated carbocycles. The van der Waals surface area contributed by atoms with Gasteiger partial charge < -0.3 is 9.84 Å². The number of rotatable bonds is 4. The van der Waals surface area contributed by atoms with Crippen LogP contribution < -0.4 is 4.74 Å². The summed E-state index contributed by atoms with van der Waals surface area (Å²) >= 11 is 1.15. The van der Waals surface area contributed by atoms with Crippen LogP contribution in [0.5, 0.6) is 11.5 Å². The van der Waals surface area contributed by atoms with Crippen molar-refractivity contribution < 1.29 is 27.8 Å². The molecule has 0 spiro atoms. The first-order valence-electron chi connectivity index (χ1n) is 9.04. The smallest absolute Gasteiger partial charge is 0.279 e. The van der Waals surface area contributed by atoms with E-state index in [2.05, 4.69) is 5.10 Å². The highest BCUT2D eigenvalue weighted by atomic mass is 32.2. The van der Waals surface area contributed by atoms with Crippen LogP contribution in [-0.2, 0) is 0 Å². The number of amides is 1. The second-order valence-electron chi connectivity index (χ2n) is 6.55. The number of hydrazone groups is 1. The Morgan fingerprint density at radius 2 is 1.77 bits per heavy atom. The topological polar surface area (TPSA) is 62.1 Å². The van der Waals surface area contributed by atoms with Crippen LogP contribution in [0, 0.1) is 17.5 Å². The quantitative estimate of drug-likeness (QED) is 0.611. The van der Waals surface area contributed by atoms with Gasteiger partial charge in [-0.3, -0.25) is 4.79 Å². The number of ether oxygens (including phenoxy) is 1. The molecule has 0 saturated heterocycles. The number of benzene rings is 3. The molecule has 1 unspecified atom stereocenters. The largest absolute Gasteiger partial charge is 0.504 e. The molecule has 5 nitrogen and oxygen atoms in total. The maximum Gasteiger partial charge on any atom is 0.279 e. The van der Waals surface area contributed by atoms with Crippen molar-refractivity contribution in [3.8, 4) is 11.5 Å². The van der Waals surface area contributed by atoms with Gasteiger partial charge in [-0.1, -0.05) is 17.8 Å². The first-order valence-corrected chi connectivity index (χ1v) is 9.92. The van der Waals surface area contributed by atoms with E-state index in [-0.39, 0.29) is 11.3 Å². The second kappa shape index (κ2) is 8.35. The Morgan fingerprint density at radius 1 is 1.06 bits per heavy atom. The molecule has 1 aliphatic rings. The minimum Gasteiger partial charge on any atom is -0.504 e. The van der Waals surface area contributed by atoms with Crippen molar-refractivity contribution in [2.45, 2.75) is 5.37 Å². The molecule has 1 atom stereocenters. The summed E-state index contributed by atoms with van der Waals surface area (Å²) in [6.45, 7) is 0. The van der Waals surface area contributed by atoms with E-state index in [0.717, 1.165) is 22.8 Å². The van der Waals surface area contributed by atoms with Gasteiger partial charge >= 0.3 is 0 Å². The monoisotopic (exact) mass is 444 g/mol. The Hall–Kier alpha value is -3.46. The van der Waals surface area contributed by atoms with Crippen molar-refractivity contribution in [2.75, 3.05) is 7.11 Å². The van der Waals surface area contributed by atoms with Gasteiger partial charge in [0.1, 0.15) is 27.8 Å². The third-order valence-corrected chi connectivity index (χ3v) is 5.84. The summed E-state index contributed by atoms with van der Waals surface area (Å²) in [5, 5.41) is 15.0. The minimum absolute atomic E-state index is 0.189. The molecule has 1 amide bonds. The number of thioether (sulfide) groups is 1. The zero-order valence-corrected chi connectivity index (χ0v) is 16.9. The molecule has 0 radical (unpaired) electrons. The van der Waals surface area contributed by atoms with Gasteiger partial charge in [-0.25, -0.2) is 18.2 Å². The third-order valence-electron chi connectivity index (χ3n) is 4.62. The molecule has 31 heavy (non-hydrogen) atoms. The summed E-state index contributed by atoms with van der Waals surface area (Å²) in [7, 11) is 1.37. The van der Waals surface area contributed by atoms with Gasteiger partial charge in [-0.2, -0.15) is 5.10 Å². The number of methoxy groups -OCH3 is 1. The summed E-state index contributed by atoms with van der Waals surface area (Å²) in [5.74, 6) is -3.28. The maximum atomic E-state index is 13.8. The van der Waals surface area contributed by atoms with Gasteiger partial charge in [0.25, 0.3) is 5.91 Å². The number of aromatic hydroxyl groups is 1. The lowest BCUT2D eigenvalue weighted by Crippen LogP contribution is -2.26. The molecule has 3 aromatic carbocycles. The molecule has 3 aromatic rings. The molecular weight excluding hydrogens is 429 g/mol. The first-order chi connectivity index (χ1) is 14.9. The van der Waals surface area contributed by atoms with E-state index < -0.39 is 34.5 Å². The molecule has 0 fully saturated rings. The Labute approximate surface area is 179 Å². The second-order valence-corrected chi connectivity index (χ2v) is 7.62. The van der Waals surface area contributed by atoms with Gasteiger partial charge in [0.05, 0.1) is 12.7 Å². The van der Waals surface area contributed by atoms with Gasteiger partial charge in [-0.15, -0.1) is 0 Å². The van der Waals surface area contributed by atoms with Crippen LogP contribution >= 0.6 is 11.8 Å². The fraction of sp³-hybridized carbons (Fsp3) is 0.0909. The number of nitrogens with zero attached hydrogens (tertiary/aromatic N) is 2. The van der Waals surface area contributed by atoms with Crippen molar-refractivity contribution in [1.82, 2.24) is 5.01 Å². The maximum absolute atomic E-state index is 13.8. The molecule has 0 aliphatic carbocycles. The van der Waals surface area contributed by atoms with Crippen LogP contribution in [0.25, 0.3) is 0 Å². The molecule has 1 N–H and O–H groups in total. The van der Waals surface area contributed by atoms with E-state index in [1.807, 2.05) is 0 Å². The average molecular weight is 444 g/mol. The number of para-hydroxylation sites is 1. The van der Waals surface area contributed by atoms with Crippen molar-refractivity contribution in [3.63, 3.8) is 0 Å². The zero-order chi connectivity index (χ0) is 22.1. The van der Waals surface area contributed by atoms with E-state index >= 15 is 0 Å². The number of carbonyl (C=O) groups is 1. The lowest BCUT2D eigenvalue weighted by molar-refractivity contribution is 0.0744. The first kappa shape index (κ1) is 20.8. The van der Waals surface area contributed by atoms with E-state index in [9.17, 15) is 23.1 Å². The number of phenols is 1. The number of hydrogen-bond donors (Lipinski definition) is 1. The fourth-order valence-electron chi connectivity index (χ4n) is 3.10. The van der Waals surface area contributed by atoms with E-state index in [4.69, 9.17) is 4.74 Å². The SMILES string of the molecule is COc1cc(F)ccc1C1SC(c2ccc(F)cc2)=NN1C(=O)c1cccc(F)c1O. The highest BCUT2D eigenvalue weighted by Crippen LogP contribution is 2.45. The van der Waals surface area contributed by atoms with Crippen LogP contribution in [0.1, 0.15) is 26.9 Å². The number of halogens is 3. The van der Waals surface area contributed by atoms with Crippen molar-refractivity contribution in [3.05, 3.63) is 94.8 Å². The Balaban J connectivity index is 1.81. The van der Waals surface area contributed by atoms with Crippen LogP contribution in [0.2, 0.25) is 0 Å². The van der Waals surface area contributed by atoms with Gasteiger partial charge in [-0.05, 0) is 48.5 Å². The van der Waals surface area contributed by atoms with Crippen LogP contribution in [0.3, 0.4) is 0 Å². The van der Waals surface area contributed by atoms with E-state index in [1.165, 1.54) is 61.7 Å². The highest BCUT2D eigenvalue weighted by Gasteiger charge is 2.37. The Bertz CT molecular complexity index is 1190. The normalized spacial score (nSPS) is 15.7. The lowest BCUT2D eigenvalue weighted by Gasteiger charge is -2.23. The molecule has 0 aromatic heterocycles. The molecule has 1 aliphatic heterocycles. The summed E-state index contributed by atoms with van der Waals surface area (Å²) in [6, 6.07) is 13.0. The van der Waals surface area contributed by atoms with Crippen LogP contribution in [0.4, 0.5) is 13.2 Å². The van der Waals surface area contributed by atoms with E-state index in [1.54, 1.807) is 0 Å². The van der Waals surface area contributed by atoms with Crippen LogP contribution in [0.15, 0.2) is 65.8 Å². The summed E-state index contributed by atoms with van der Waals surface area (Å²) in [4.78, 5) is 13.2. The highest BCUT2D eigenvalue weighted by molar-refractivity contribution is 8.14. The van der Waals surface area contributed by atoms with Gasteiger partial charge in [0.2, 0.25) is 0 Å². The van der Waals surface area contributed by atoms with Crippen molar-refractivity contribution >= 4 is 22.7 Å². The molecule has 4 rings (SSSR count). The molecular formula is C22H15F3N2O3S. The standard InChI is InChI=1S/C22H15F3N2O3S/c1-30-18-11-14(24)9-10-15(18)22-27(21(29)16-3-2-4-17(25)19(16)28)26-20(31-22)12-5-7-13(23)8-6-12/h2-11,22,28H,1H3. The molecule has 1 heterocycles. The number of carbonyl (C=O) groups excluding carboxylic acids is 1. The predicted octanol–water partition coefficient (Wildman–Crippen LogP) is 5.07. The minimum atomic E-state index is -0.948. The number of hydrogen-bond acceptors (Lipinski definition) is 5. The van der Waals surface area contributed by atoms with Crippen LogP contribution in [-0.4, -0.2) is 28.2 Å². The zero-order valence-electron chi connectivity index (χ0n) is 16.1. The van der Waals surface area contributed by atoms with Gasteiger partial charge in [0, 0.05) is 17.2 Å². The van der Waals surface area contributed by atoms with Gasteiger partial charge in [0.15, 0.2) is 11.6 Å². The Morgan fingerprint density at radius 3 is 2.48 bits per heavy atom. The molecule has 9 heteroatoms. The summed E-state index contributed by atoms with van der Waals surface area (Å²) in [5.41, 5.74) is 0.714. The number of phenolic OH excluding ortho intramolecular Hbond substituents is 1. The third kappa shape index (κ3) is 3.96. The fourth-order valence-corrected chi connectivity index (χ4v) is 4.28. The predicted molar refractivity (Wildman–Crippen MR) is 110 cm³/mol. The summed E-state index contributed by atoms with van der Waals surface area (Å²) < 4.78 is 46.1.